The van der Waals surface area contributed by atoms with Gasteiger partial charge in [-0.05, 0) is 18.6 Å². The lowest BCUT2D eigenvalue weighted by Gasteiger charge is -2.04. The third-order valence-electron chi connectivity index (χ3n) is 3.65. The first-order valence-corrected chi connectivity index (χ1v) is 7.49. The van der Waals surface area contributed by atoms with E-state index in [2.05, 4.69) is 15.5 Å². The van der Waals surface area contributed by atoms with Crippen LogP contribution in [0.25, 0.3) is 0 Å². The Balaban J connectivity index is 1.71. The van der Waals surface area contributed by atoms with Crippen LogP contribution in [0.5, 0.6) is 0 Å². The summed E-state index contributed by atoms with van der Waals surface area (Å²) in [5, 5.41) is 11.9. The van der Waals surface area contributed by atoms with Crippen LogP contribution in [0, 0.1) is 6.92 Å². The van der Waals surface area contributed by atoms with E-state index in [0.29, 0.717) is 22.9 Å². The molecule has 1 amide bonds. The molecule has 0 bridgehead atoms. The van der Waals surface area contributed by atoms with Crippen LogP contribution in [0.2, 0.25) is 5.02 Å². The van der Waals surface area contributed by atoms with E-state index in [1.807, 2.05) is 31.2 Å². The first-order valence-electron chi connectivity index (χ1n) is 7.11. The number of rotatable bonds is 4. The molecule has 6 nitrogen and oxygen atoms in total. The number of benzene rings is 1. The molecule has 0 atom stereocenters. The lowest BCUT2D eigenvalue weighted by atomic mass is 10.2. The molecule has 0 saturated carbocycles. The van der Waals surface area contributed by atoms with E-state index in [1.165, 1.54) is 0 Å². The van der Waals surface area contributed by atoms with Crippen LogP contribution in [0.1, 0.15) is 21.6 Å². The first-order chi connectivity index (χ1) is 11.0. The Morgan fingerprint density at radius 1 is 1.30 bits per heavy atom. The number of halogens is 1. The van der Waals surface area contributed by atoms with Gasteiger partial charge in [-0.15, -0.1) is 0 Å². The molecule has 0 saturated heterocycles. The lowest BCUT2D eigenvalue weighted by molar-refractivity contribution is 0.102. The van der Waals surface area contributed by atoms with E-state index in [9.17, 15) is 4.79 Å². The van der Waals surface area contributed by atoms with E-state index in [4.69, 9.17) is 11.6 Å². The summed E-state index contributed by atoms with van der Waals surface area (Å²) < 4.78 is 3.39. The normalized spacial score (nSPS) is 10.7. The van der Waals surface area contributed by atoms with Crippen molar-refractivity contribution in [3.63, 3.8) is 0 Å². The number of carbonyl (C=O) groups is 1. The Hall–Kier alpha value is -2.60. The van der Waals surface area contributed by atoms with Crippen LogP contribution in [-0.2, 0) is 13.6 Å². The van der Waals surface area contributed by atoms with Gasteiger partial charge in [0, 0.05) is 30.0 Å². The molecule has 1 N–H and O–H groups in total. The van der Waals surface area contributed by atoms with Crippen molar-refractivity contribution in [2.24, 2.45) is 7.05 Å². The standard InChI is InChI=1S/C16H16ClN5O/c1-11-13(9-18-21(11)2)16(23)19-15-7-8-22(20-15)10-12-5-3-4-6-14(12)17/h3-9H,10H2,1-2H3,(H,19,20,23). The second-order valence-electron chi connectivity index (χ2n) is 5.21. The predicted molar refractivity (Wildman–Crippen MR) is 88.7 cm³/mol. The number of amides is 1. The van der Waals surface area contributed by atoms with Gasteiger partial charge in [-0.3, -0.25) is 14.2 Å². The van der Waals surface area contributed by atoms with Crippen LogP contribution in [-0.4, -0.2) is 25.5 Å². The molecule has 2 heterocycles. The molecule has 1 aromatic carbocycles. The lowest BCUT2D eigenvalue weighted by Crippen LogP contribution is -2.14. The van der Waals surface area contributed by atoms with Gasteiger partial charge in [0.25, 0.3) is 5.91 Å². The van der Waals surface area contributed by atoms with Gasteiger partial charge in [-0.1, -0.05) is 29.8 Å². The Morgan fingerprint density at radius 3 is 2.78 bits per heavy atom. The van der Waals surface area contributed by atoms with Crippen molar-refractivity contribution in [2.45, 2.75) is 13.5 Å². The zero-order valence-corrected chi connectivity index (χ0v) is 13.6. The van der Waals surface area contributed by atoms with Crippen LogP contribution < -0.4 is 5.32 Å². The molecular formula is C16H16ClN5O. The quantitative estimate of drug-likeness (QED) is 0.800. The summed E-state index contributed by atoms with van der Waals surface area (Å²) in [4.78, 5) is 12.2. The molecule has 118 valence electrons. The van der Waals surface area contributed by atoms with Crippen molar-refractivity contribution in [3.8, 4) is 0 Å². The van der Waals surface area contributed by atoms with Crippen LogP contribution in [0.15, 0.2) is 42.7 Å². The minimum atomic E-state index is -0.224. The predicted octanol–water partition coefficient (Wildman–Crippen LogP) is 2.88. The summed E-state index contributed by atoms with van der Waals surface area (Å²) in [5.74, 6) is 0.268. The van der Waals surface area contributed by atoms with Crippen LogP contribution in [0.3, 0.4) is 0 Å². The number of hydrogen-bond donors (Lipinski definition) is 1. The smallest absolute Gasteiger partial charge is 0.260 e. The highest BCUT2D eigenvalue weighted by Crippen LogP contribution is 2.17. The van der Waals surface area contributed by atoms with Gasteiger partial charge in [0.2, 0.25) is 0 Å². The minimum absolute atomic E-state index is 0.224. The number of anilines is 1. The molecule has 2 aromatic heterocycles. The molecule has 0 unspecified atom stereocenters. The molecule has 0 radical (unpaired) electrons. The summed E-state index contributed by atoms with van der Waals surface area (Å²) in [6, 6.07) is 9.35. The maximum absolute atomic E-state index is 12.2. The van der Waals surface area contributed by atoms with E-state index in [0.717, 1.165) is 11.3 Å². The summed E-state index contributed by atoms with van der Waals surface area (Å²) in [6.07, 6.45) is 3.35. The van der Waals surface area contributed by atoms with Gasteiger partial charge in [0.1, 0.15) is 0 Å². The van der Waals surface area contributed by atoms with Gasteiger partial charge >= 0.3 is 0 Å². The number of aryl methyl sites for hydroxylation is 1. The summed E-state index contributed by atoms with van der Waals surface area (Å²) in [6.45, 7) is 2.39. The third-order valence-corrected chi connectivity index (χ3v) is 4.02. The van der Waals surface area contributed by atoms with Gasteiger partial charge < -0.3 is 5.32 Å². The van der Waals surface area contributed by atoms with E-state index in [1.54, 1.807) is 34.9 Å². The van der Waals surface area contributed by atoms with Gasteiger partial charge in [-0.25, -0.2) is 0 Å². The number of hydrogen-bond acceptors (Lipinski definition) is 3. The molecule has 0 aliphatic rings. The highest BCUT2D eigenvalue weighted by molar-refractivity contribution is 6.31. The van der Waals surface area contributed by atoms with Crippen molar-refractivity contribution in [3.05, 3.63) is 64.6 Å². The number of carbonyl (C=O) groups excluding carboxylic acids is 1. The van der Waals surface area contributed by atoms with E-state index in [-0.39, 0.29) is 5.91 Å². The summed E-state index contributed by atoms with van der Waals surface area (Å²) >= 11 is 6.14. The fourth-order valence-corrected chi connectivity index (χ4v) is 2.42. The fraction of sp³-hybridized carbons (Fsp3) is 0.188. The largest absolute Gasteiger partial charge is 0.305 e. The number of nitrogens with zero attached hydrogens (tertiary/aromatic N) is 4. The topological polar surface area (TPSA) is 64.7 Å². The third kappa shape index (κ3) is 3.27. The average Bonchev–Trinajstić information content (AvgIpc) is 3.09. The van der Waals surface area contributed by atoms with Crippen LogP contribution >= 0.6 is 11.6 Å². The zero-order chi connectivity index (χ0) is 16.4. The maximum atomic E-state index is 12.2. The molecule has 0 fully saturated rings. The minimum Gasteiger partial charge on any atom is -0.305 e. The SMILES string of the molecule is Cc1c(C(=O)Nc2ccn(Cc3ccccc3Cl)n2)cnn1C. The van der Waals surface area contributed by atoms with Crippen molar-refractivity contribution in [1.82, 2.24) is 19.6 Å². The fourth-order valence-electron chi connectivity index (χ4n) is 2.22. The highest BCUT2D eigenvalue weighted by atomic mass is 35.5. The molecular weight excluding hydrogens is 314 g/mol. The zero-order valence-electron chi connectivity index (χ0n) is 12.8. The molecule has 0 spiro atoms. The first kappa shape index (κ1) is 15.3. The number of aromatic nitrogens is 4. The van der Waals surface area contributed by atoms with Crippen molar-refractivity contribution >= 4 is 23.3 Å². The van der Waals surface area contributed by atoms with E-state index >= 15 is 0 Å². The average molecular weight is 330 g/mol. The number of nitrogens with one attached hydrogen (secondary N) is 1. The Kier molecular flexibility index (Phi) is 4.16. The Bertz CT molecular complexity index is 852. The maximum Gasteiger partial charge on any atom is 0.260 e. The molecule has 0 aliphatic heterocycles. The van der Waals surface area contributed by atoms with Gasteiger partial charge in [0.05, 0.1) is 18.3 Å². The molecule has 23 heavy (non-hydrogen) atoms. The van der Waals surface area contributed by atoms with Crippen LogP contribution in [0.4, 0.5) is 5.82 Å². The van der Waals surface area contributed by atoms with E-state index < -0.39 is 0 Å². The van der Waals surface area contributed by atoms with Crippen molar-refractivity contribution in [1.29, 1.82) is 0 Å². The summed E-state index contributed by atoms with van der Waals surface area (Å²) in [7, 11) is 1.80. The second-order valence-corrected chi connectivity index (χ2v) is 5.62. The monoisotopic (exact) mass is 329 g/mol. The summed E-state index contributed by atoms with van der Waals surface area (Å²) in [5.41, 5.74) is 2.31. The molecule has 3 aromatic rings. The molecule has 0 aliphatic carbocycles. The Labute approximate surface area is 138 Å². The Morgan fingerprint density at radius 2 is 2.09 bits per heavy atom. The van der Waals surface area contributed by atoms with Crippen molar-refractivity contribution in [2.75, 3.05) is 5.32 Å². The molecule has 7 heteroatoms. The molecule has 3 rings (SSSR count). The van der Waals surface area contributed by atoms with Gasteiger partial charge in [-0.2, -0.15) is 10.2 Å². The van der Waals surface area contributed by atoms with Crippen molar-refractivity contribution < 1.29 is 4.79 Å². The van der Waals surface area contributed by atoms with Gasteiger partial charge in [0.15, 0.2) is 5.82 Å². The highest BCUT2D eigenvalue weighted by Gasteiger charge is 2.14. The second kappa shape index (κ2) is 6.26.